The molecule has 79 valence electrons. The first kappa shape index (κ1) is 10.9. The van der Waals surface area contributed by atoms with Crippen LogP contribution in [0.3, 0.4) is 0 Å². The van der Waals surface area contributed by atoms with Gasteiger partial charge in [0.15, 0.2) is 0 Å². The van der Waals surface area contributed by atoms with Gasteiger partial charge in [-0.1, -0.05) is 0 Å². The van der Waals surface area contributed by atoms with Crippen molar-refractivity contribution in [2.45, 2.75) is 6.04 Å². The number of primary amides is 1. The first-order valence-electron chi connectivity index (χ1n) is 4.28. The molecule has 1 rings (SSSR count). The van der Waals surface area contributed by atoms with E-state index in [1.165, 1.54) is 4.90 Å². The predicted molar refractivity (Wildman–Crippen MR) is 46.9 cm³/mol. The molecule has 0 aromatic carbocycles. The molecule has 0 unspecified atom stereocenters. The Morgan fingerprint density at radius 1 is 1.64 bits per heavy atom. The molecular weight excluding hydrogens is 188 g/mol. The number of hydrogen-bond acceptors (Lipinski definition) is 4. The summed E-state index contributed by atoms with van der Waals surface area (Å²) in [5, 5.41) is 8.54. The zero-order valence-electron chi connectivity index (χ0n) is 7.68. The summed E-state index contributed by atoms with van der Waals surface area (Å²) in [5.41, 5.74) is 5.10. The van der Waals surface area contributed by atoms with Crippen molar-refractivity contribution in [3.05, 3.63) is 6.42 Å². The van der Waals surface area contributed by atoms with Crippen molar-refractivity contribution in [1.29, 1.82) is 0 Å². The molecule has 1 saturated heterocycles. The number of morpholine rings is 1. The number of amides is 2. The summed E-state index contributed by atoms with van der Waals surface area (Å²) in [5.74, 6) is -0.982. The molecule has 0 aromatic heterocycles. The van der Waals surface area contributed by atoms with E-state index in [4.69, 9.17) is 15.6 Å². The minimum atomic E-state index is -0.723. The summed E-state index contributed by atoms with van der Waals surface area (Å²) >= 11 is 0. The van der Waals surface area contributed by atoms with Crippen molar-refractivity contribution in [2.75, 3.05) is 26.4 Å². The van der Waals surface area contributed by atoms with Gasteiger partial charge >= 0.3 is 0 Å². The number of carbonyl (C=O) groups is 2. The van der Waals surface area contributed by atoms with Crippen molar-refractivity contribution >= 4 is 11.8 Å². The lowest BCUT2D eigenvalue weighted by Crippen LogP contribution is -2.54. The van der Waals surface area contributed by atoms with Crippen LogP contribution in [0.1, 0.15) is 0 Å². The van der Waals surface area contributed by atoms with Crippen LogP contribution in [0.5, 0.6) is 0 Å². The number of carbonyl (C=O) groups excluding carboxylic acids is 2. The molecule has 3 N–H and O–H groups in total. The Bertz CT molecular complexity index is 231. The average Bonchev–Trinajstić information content (AvgIpc) is 2.18. The SMILES string of the molecule is NC(=O)[C@@H]1COCCN1C(=O)[CH]CO. The van der Waals surface area contributed by atoms with E-state index in [0.29, 0.717) is 13.2 Å². The standard InChI is InChI=1S/C8H13N2O4/c9-8(13)6-5-14-4-2-10(6)7(12)1-3-11/h1,6,11H,2-5H2,(H2,9,13)/t6-/m0/s1. The number of nitrogens with two attached hydrogens (primary N) is 1. The topological polar surface area (TPSA) is 92.9 Å². The highest BCUT2D eigenvalue weighted by Gasteiger charge is 2.30. The van der Waals surface area contributed by atoms with Crippen molar-refractivity contribution in [1.82, 2.24) is 4.90 Å². The fourth-order valence-electron chi connectivity index (χ4n) is 1.30. The quantitative estimate of drug-likeness (QED) is 0.546. The molecule has 6 nitrogen and oxygen atoms in total. The van der Waals surface area contributed by atoms with Gasteiger partial charge < -0.3 is 20.5 Å². The molecule has 1 radical (unpaired) electrons. The Balaban J connectivity index is 2.62. The molecule has 0 bridgehead atoms. The van der Waals surface area contributed by atoms with E-state index in [0.717, 1.165) is 6.42 Å². The fourth-order valence-corrected chi connectivity index (χ4v) is 1.30. The lowest BCUT2D eigenvalue weighted by atomic mass is 10.2. The van der Waals surface area contributed by atoms with E-state index in [2.05, 4.69) is 0 Å². The van der Waals surface area contributed by atoms with E-state index in [1.807, 2.05) is 0 Å². The molecule has 0 saturated carbocycles. The molecule has 1 aliphatic rings. The highest BCUT2D eigenvalue weighted by atomic mass is 16.5. The number of ether oxygens (including phenoxy) is 1. The van der Waals surface area contributed by atoms with Crippen LogP contribution >= 0.6 is 0 Å². The predicted octanol–water partition coefficient (Wildman–Crippen LogP) is -2.10. The van der Waals surface area contributed by atoms with Gasteiger partial charge in [-0.15, -0.1) is 0 Å². The van der Waals surface area contributed by atoms with Gasteiger partial charge in [0.05, 0.1) is 26.2 Å². The maximum absolute atomic E-state index is 11.4. The lowest BCUT2D eigenvalue weighted by molar-refractivity contribution is -0.144. The highest BCUT2D eigenvalue weighted by molar-refractivity contribution is 5.91. The molecule has 1 fully saturated rings. The highest BCUT2D eigenvalue weighted by Crippen LogP contribution is 2.07. The van der Waals surface area contributed by atoms with Crippen LogP contribution in [-0.4, -0.2) is 54.2 Å². The molecule has 6 heteroatoms. The monoisotopic (exact) mass is 201 g/mol. The minimum Gasteiger partial charge on any atom is -0.396 e. The first-order valence-corrected chi connectivity index (χ1v) is 4.28. The van der Waals surface area contributed by atoms with E-state index >= 15 is 0 Å². The molecule has 0 aromatic rings. The molecule has 1 atom stereocenters. The van der Waals surface area contributed by atoms with Crippen molar-refractivity contribution in [3.8, 4) is 0 Å². The Morgan fingerprint density at radius 2 is 2.36 bits per heavy atom. The molecular formula is C8H13N2O4. The van der Waals surface area contributed by atoms with E-state index < -0.39 is 11.9 Å². The van der Waals surface area contributed by atoms with Gasteiger partial charge in [0.1, 0.15) is 6.04 Å². The summed E-state index contributed by atoms with van der Waals surface area (Å²) in [4.78, 5) is 23.6. The number of hydrogen-bond donors (Lipinski definition) is 2. The van der Waals surface area contributed by atoms with Crippen LogP contribution in [0.15, 0.2) is 0 Å². The minimum absolute atomic E-state index is 0.125. The third-order valence-corrected chi connectivity index (χ3v) is 2.01. The Hall–Kier alpha value is -1.14. The maximum atomic E-state index is 11.4. The van der Waals surface area contributed by atoms with E-state index in [-0.39, 0.29) is 19.1 Å². The normalized spacial score (nSPS) is 22.1. The van der Waals surface area contributed by atoms with Crippen molar-refractivity contribution in [3.63, 3.8) is 0 Å². The third-order valence-electron chi connectivity index (χ3n) is 2.01. The molecule has 0 aliphatic carbocycles. The zero-order valence-corrected chi connectivity index (χ0v) is 7.68. The van der Waals surface area contributed by atoms with Crippen LogP contribution in [-0.2, 0) is 14.3 Å². The fraction of sp³-hybridized carbons (Fsp3) is 0.625. The van der Waals surface area contributed by atoms with Gasteiger partial charge in [0, 0.05) is 6.54 Å². The van der Waals surface area contributed by atoms with Crippen LogP contribution in [0, 0.1) is 6.42 Å². The van der Waals surface area contributed by atoms with Gasteiger partial charge in [-0.25, -0.2) is 0 Å². The molecule has 1 heterocycles. The molecule has 2 amide bonds. The second-order valence-electron chi connectivity index (χ2n) is 2.91. The second kappa shape index (κ2) is 4.92. The number of aliphatic hydroxyl groups is 1. The number of rotatable bonds is 3. The van der Waals surface area contributed by atoms with Crippen molar-refractivity contribution in [2.24, 2.45) is 5.73 Å². The van der Waals surface area contributed by atoms with Crippen LogP contribution in [0.4, 0.5) is 0 Å². The van der Waals surface area contributed by atoms with Gasteiger partial charge in [0.2, 0.25) is 11.8 Å². The first-order chi connectivity index (χ1) is 6.66. The van der Waals surface area contributed by atoms with Crippen LogP contribution < -0.4 is 5.73 Å². The van der Waals surface area contributed by atoms with Gasteiger partial charge in [-0.05, 0) is 0 Å². The summed E-state index contributed by atoms with van der Waals surface area (Å²) in [7, 11) is 0. The molecule has 14 heavy (non-hydrogen) atoms. The van der Waals surface area contributed by atoms with Gasteiger partial charge in [-0.2, -0.15) is 0 Å². The summed E-state index contributed by atoms with van der Waals surface area (Å²) in [6.07, 6.45) is 1.10. The average molecular weight is 201 g/mol. The lowest BCUT2D eigenvalue weighted by Gasteiger charge is -2.33. The van der Waals surface area contributed by atoms with Gasteiger partial charge in [0.25, 0.3) is 0 Å². The Kier molecular flexibility index (Phi) is 3.84. The summed E-state index contributed by atoms with van der Waals surface area (Å²) in [6, 6.07) is -0.723. The third kappa shape index (κ3) is 2.43. The summed E-state index contributed by atoms with van der Waals surface area (Å²) in [6.45, 7) is 0.486. The Labute approximate surface area is 81.6 Å². The maximum Gasteiger partial charge on any atom is 0.242 e. The second-order valence-corrected chi connectivity index (χ2v) is 2.91. The largest absolute Gasteiger partial charge is 0.396 e. The molecule has 0 spiro atoms. The molecule has 1 aliphatic heterocycles. The van der Waals surface area contributed by atoms with Gasteiger partial charge in [-0.3, -0.25) is 9.59 Å². The number of nitrogens with zero attached hydrogens (tertiary/aromatic N) is 1. The van der Waals surface area contributed by atoms with Crippen molar-refractivity contribution < 1.29 is 19.4 Å². The number of aliphatic hydroxyl groups excluding tert-OH is 1. The smallest absolute Gasteiger partial charge is 0.242 e. The van der Waals surface area contributed by atoms with E-state index in [1.54, 1.807) is 0 Å². The van der Waals surface area contributed by atoms with Crippen LogP contribution in [0.25, 0.3) is 0 Å². The summed E-state index contributed by atoms with van der Waals surface area (Å²) < 4.78 is 5.03. The zero-order chi connectivity index (χ0) is 10.6. The van der Waals surface area contributed by atoms with E-state index in [9.17, 15) is 9.59 Å². The Morgan fingerprint density at radius 3 is 2.93 bits per heavy atom. The van der Waals surface area contributed by atoms with Crippen LogP contribution in [0.2, 0.25) is 0 Å².